The van der Waals surface area contributed by atoms with Crippen molar-refractivity contribution in [1.82, 2.24) is 0 Å². The maximum Gasteiger partial charge on any atom is 0.416 e. The Morgan fingerprint density at radius 3 is 1.74 bits per heavy atom. The largest absolute Gasteiger partial charge is 0.416 e. The van der Waals surface area contributed by atoms with Crippen molar-refractivity contribution in [3.63, 3.8) is 0 Å². The third-order valence-electron chi connectivity index (χ3n) is 5.03. The molecule has 0 aromatic heterocycles. The highest BCUT2D eigenvalue weighted by molar-refractivity contribution is 5.29. The molecule has 1 saturated carbocycles. The van der Waals surface area contributed by atoms with Crippen LogP contribution in [0.2, 0.25) is 0 Å². The van der Waals surface area contributed by atoms with Gasteiger partial charge in [0.1, 0.15) is 0 Å². The molecule has 1 aromatic rings. The van der Waals surface area contributed by atoms with Crippen LogP contribution in [0.15, 0.2) is 24.3 Å². The Bertz CT molecular complexity index is 457. The number of rotatable bonds is 2. The van der Waals surface area contributed by atoms with Gasteiger partial charge in [-0.2, -0.15) is 13.2 Å². The van der Waals surface area contributed by atoms with Crippen molar-refractivity contribution in [2.75, 3.05) is 0 Å². The van der Waals surface area contributed by atoms with Gasteiger partial charge in [-0.05, 0) is 28.5 Å². The van der Waals surface area contributed by atoms with Crippen LogP contribution in [0.25, 0.3) is 0 Å². The smallest absolute Gasteiger partial charge is 0.388 e. The van der Waals surface area contributed by atoms with E-state index < -0.39 is 17.8 Å². The molecule has 4 heteroatoms. The zero-order chi connectivity index (χ0) is 14.6. The molecule has 0 spiro atoms. The lowest BCUT2D eigenvalue weighted by Gasteiger charge is -2.14. The van der Waals surface area contributed by atoms with Crippen LogP contribution in [0.1, 0.15) is 44.9 Å². The van der Waals surface area contributed by atoms with Crippen molar-refractivity contribution in [2.24, 2.45) is 16.7 Å². The van der Waals surface area contributed by atoms with Gasteiger partial charge in [0.15, 0.2) is 0 Å². The topological polar surface area (TPSA) is 20.2 Å². The van der Waals surface area contributed by atoms with Crippen molar-refractivity contribution in [3.8, 4) is 0 Å². The first kappa shape index (κ1) is 14.4. The van der Waals surface area contributed by atoms with E-state index in [9.17, 15) is 18.3 Å². The summed E-state index contributed by atoms with van der Waals surface area (Å²) in [6.45, 7) is 8.30. The first-order valence-corrected chi connectivity index (χ1v) is 6.35. The van der Waals surface area contributed by atoms with Crippen molar-refractivity contribution in [2.45, 2.75) is 40.0 Å². The standard InChI is InChI=1S/C15H19F3O/c1-13(2)12(14(13,3)4)11(19)9-5-7-10(8-6-9)15(16,17)18/h5-8,11-12,19H,1-4H3. The van der Waals surface area contributed by atoms with Crippen LogP contribution >= 0.6 is 0 Å². The van der Waals surface area contributed by atoms with Crippen LogP contribution in [0, 0.1) is 16.7 Å². The van der Waals surface area contributed by atoms with Gasteiger partial charge in [0, 0.05) is 5.92 Å². The summed E-state index contributed by atoms with van der Waals surface area (Å²) in [6, 6.07) is 4.80. The summed E-state index contributed by atoms with van der Waals surface area (Å²) in [4.78, 5) is 0. The van der Waals surface area contributed by atoms with E-state index in [1.807, 2.05) is 0 Å². The normalized spacial score (nSPS) is 23.2. The van der Waals surface area contributed by atoms with Gasteiger partial charge >= 0.3 is 6.18 Å². The maximum absolute atomic E-state index is 12.5. The van der Waals surface area contributed by atoms with E-state index in [2.05, 4.69) is 27.7 Å². The van der Waals surface area contributed by atoms with Crippen LogP contribution in [0.5, 0.6) is 0 Å². The molecule has 1 nitrogen and oxygen atoms in total. The van der Waals surface area contributed by atoms with Crippen LogP contribution < -0.4 is 0 Å². The Hall–Kier alpha value is -1.03. The lowest BCUT2D eigenvalue weighted by atomic mass is 9.98. The monoisotopic (exact) mass is 272 g/mol. The van der Waals surface area contributed by atoms with E-state index in [1.165, 1.54) is 12.1 Å². The lowest BCUT2D eigenvalue weighted by Crippen LogP contribution is -2.08. The van der Waals surface area contributed by atoms with Crippen LogP contribution in [-0.2, 0) is 6.18 Å². The first-order chi connectivity index (χ1) is 8.49. The molecule has 1 aromatic carbocycles. The summed E-state index contributed by atoms with van der Waals surface area (Å²) in [7, 11) is 0. The average Bonchev–Trinajstić information content (AvgIpc) is 2.67. The minimum Gasteiger partial charge on any atom is -0.388 e. The van der Waals surface area contributed by atoms with Gasteiger partial charge < -0.3 is 5.11 Å². The first-order valence-electron chi connectivity index (χ1n) is 6.35. The van der Waals surface area contributed by atoms with E-state index in [4.69, 9.17) is 0 Å². The van der Waals surface area contributed by atoms with Crippen LogP contribution in [0.3, 0.4) is 0 Å². The minimum atomic E-state index is -4.33. The van der Waals surface area contributed by atoms with Gasteiger partial charge in [-0.1, -0.05) is 39.8 Å². The Morgan fingerprint density at radius 2 is 1.42 bits per heavy atom. The zero-order valence-corrected chi connectivity index (χ0v) is 11.5. The quantitative estimate of drug-likeness (QED) is 0.845. The van der Waals surface area contributed by atoms with Gasteiger partial charge in [0.2, 0.25) is 0 Å². The van der Waals surface area contributed by atoms with E-state index in [1.54, 1.807) is 0 Å². The molecular formula is C15H19F3O. The molecule has 1 aliphatic rings. The molecule has 1 fully saturated rings. The van der Waals surface area contributed by atoms with E-state index in [-0.39, 0.29) is 16.7 Å². The summed E-state index contributed by atoms with van der Waals surface area (Å²) in [5, 5.41) is 10.3. The second-order valence-corrected chi connectivity index (χ2v) is 6.49. The molecule has 0 amide bonds. The van der Waals surface area contributed by atoms with Gasteiger partial charge in [-0.15, -0.1) is 0 Å². The molecule has 0 heterocycles. The summed E-state index contributed by atoms with van der Waals surface area (Å²) >= 11 is 0. The average molecular weight is 272 g/mol. The summed E-state index contributed by atoms with van der Waals surface area (Å²) in [5.41, 5.74) is -0.140. The Morgan fingerprint density at radius 1 is 1.00 bits per heavy atom. The molecule has 2 rings (SSSR count). The highest BCUT2D eigenvalue weighted by Crippen LogP contribution is 2.72. The summed E-state index contributed by atoms with van der Waals surface area (Å²) in [5.74, 6) is 0.0664. The summed E-state index contributed by atoms with van der Waals surface area (Å²) in [6.07, 6.45) is -5.05. The number of aliphatic hydroxyl groups is 1. The van der Waals surface area contributed by atoms with Crippen molar-refractivity contribution in [3.05, 3.63) is 35.4 Å². The third-order valence-corrected chi connectivity index (χ3v) is 5.03. The molecule has 1 N–H and O–H groups in total. The Labute approximate surface area is 111 Å². The number of benzene rings is 1. The molecule has 0 radical (unpaired) electrons. The number of alkyl halides is 3. The molecule has 1 aliphatic carbocycles. The molecule has 106 valence electrons. The Balaban J connectivity index is 2.21. The minimum absolute atomic E-state index is 0.00485. The van der Waals surface area contributed by atoms with Crippen molar-refractivity contribution >= 4 is 0 Å². The lowest BCUT2D eigenvalue weighted by molar-refractivity contribution is -0.137. The van der Waals surface area contributed by atoms with E-state index in [0.29, 0.717) is 5.56 Å². The van der Waals surface area contributed by atoms with Crippen molar-refractivity contribution in [1.29, 1.82) is 0 Å². The molecule has 1 unspecified atom stereocenters. The van der Waals surface area contributed by atoms with Crippen LogP contribution in [0.4, 0.5) is 13.2 Å². The fourth-order valence-electron chi connectivity index (χ4n) is 3.10. The molecule has 0 saturated heterocycles. The van der Waals surface area contributed by atoms with Gasteiger partial charge in [0.25, 0.3) is 0 Å². The highest BCUT2D eigenvalue weighted by Gasteiger charge is 2.67. The SMILES string of the molecule is CC1(C)C(C(O)c2ccc(C(F)(F)F)cc2)C1(C)C. The van der Waals surface area contributed by atoms with Gasteiger partial charge in [0.05, 0.1) is 11.7 Å². The molecule has 0 bridgehead atoms. The Kier molecular flexibility index (Phi) is 3.01. The van der Waals surface area contributed by atoms with Gasteiger partial charge in [-0.25, -0.2) is 0 Å². The van der Waals surface area contributed by atoms with Crippen molar-refractivity contribution < 1.29 is 18.3 Å². The molecule has 19 heavy (non-hydrogen) atoms. The van der Waals surface area contributed by atoms with Gasteiger partial charge in [-0.3, -0.25) is 0 Å². The number of aliphatic hydroxyl groups excluding tert-OH is 1. The number of hydrogen-bond donors (Lipinski definition) is 1. The number of hydrogen-bond acceptors (Lipinski definition) is 1. The molecule has 1 atom stereocenters. The van der Waals surface area contributed by atoms with Crippen LogP contribution in [-0.4, -0.2) is 5.11 Å². The zero-order valence-electron chi connectivity index (χ0n) is 11.5. The third kappa shape index (κ3) is 2.16. The number of halogens is 3. The molecule has 0 aliphatic heterocycles. The van der Waals surface area contributed by atoms with E-state index in [0.717, 1.165) is 12.1 Å². The maximum atomic E-state index is 12.5. The van der Waals surface area contributed by atoms with E-state index >= 15 is 0 Å². The highest BCUT2D eigenvalue weighted by atomic mass is 19.4. The predicted molar refractivity (Wildman–Crippen MR) is 67.5 cm³/mol. The fraction of sp³-hybridized carbons (Fsp3) is 0.600. The fourth-order valence-corrected chi connectivity index (χ4v) is 3.10. The summed E-state index contributed by atoms with van der Waals surface area (Å²) < 4.78 is 37.4. The second kappa shape index (κ2) is 3.98. The second-order valence-electron chi connectivity index (χ2n) is 6.49. The molecular weight excluding hydrogens is 253 g/mol. The predicted octanol–water partition coefficient (Wildman–Crippen LogP) is 4.42.